The Balaban J connectivity index is 2.22. The van der Waals surface area contributed by atoms with Gasteiger partial charge < -0.3 is 9.32 Å². The fourth-order valence-corrected chi connectivity index (χ4v) is 2.98. The van der Waals surface area contributed by atoms with Crippen molar-refractivity contribution < 1.29 is 9.21 Å². The third-order valence-corrected chi connectivity index (χ3v) is 4.29. The highest BCUT2D eigenvalue weighted by atomic mass is 16.4. The molecule has 0 unspecified atom stereocenters. The second-order valence-electron chi connectivity index (χ2n) is 5.94. The van der Waals surface area contributed by atoms with Gasteiger partial charge in [-0.25, -0.2) is 4.79 Å². The van der Waals surface area contributed by atoms with E-state index in [0.29, 0.717) is 17.8 Å². The molecular formula is C17H19NO3. The van der Waals surface area contributed by atoms with Gasteiger partial charge in [0, 0.05) is 18.5 Å². The van der Waals surface area contributed by atoms with Gasteiger partial charge in [-0.3, -0.25) is 4.79 Å². The molecule has 2 aromatic rings. The monoisotopic (exact) mass is 285 g/mol. The Morgan fingerprint density at radius 3 is 2.67 bits per heavy atom. The zero-order chi connectivity index (χ0) is 15.0. The maximum absolute atomic E-state index is 12.1. The van der Waals surface area contributed by atoms with Crippen LogP contribution in [-0.4, -0.2) is 19.4 Å². The first-order valence-corrected chi connectivity index (χ1v) is 7.37. The lowest BCUT2D eigenvalue weighted by atomic mass is 9.97. The van der Waals surface area contributed by atoms with Crippen molar-refractivity contribution in [2.24, 2.45) is 5.92 Å². The fraction of sp³-hybridized carbons (Fsp3) is 0.412. The predicted octanol–water partition coefficient (Wildman–Crippen LogP) is 3.15. The van der Waals surface area contributed by atoms with E-state index < -0.39 is 5.63 Å². The highest BCUT2D eigenvalue weighted by molar-refractivity contribution is 5.99. The molecule has 0 aliphatic carbocycles. The second-order valence-corrected chi connectivity index (χ2v) is 5.94. The van der Waals surface area contributed by atoms with E-state index in [1.165, 1.54) is 0 Å². The average Bonchev–Trinajstić information content (AvgIpc) is 2.46. The average molecular weight is 285 g/mol. The van der Waals surface area contributed by atoms with E-state index in [0.717, 1.165) is 42.6 Å². The van der Waals surface area contributed by atoms with Gasteiger partial charge in [-0.2, -0.15) is 0 Å². The molecule has 110 valence electrons. The lowest BCUT2D eigenvalue weighted by molar-refractivity contribution is 0.112. The van der Waals surface area contributed by atoms with Crippen molar-refractivity contribution in [3.8, 4) is 0 Å². The molecule has 0 bridgehead atoms. The van der Waals surface area contributed by atoms with Gasteiger partial charge in [0.25, 0.3) is 0 Å². The molecule has 1 fully saturated rings. The van der Waals surface area contributed by atoms with Crippen LogP contribution in [0, 0.1) is 12.8 Å². The van der Waals surface area contributed by atoms with Crippen LogP contribution >= 0.6 is 0 Å². The SMILES string of the molecule is Cc1ccc2c(N3CCC(C)CC3)c(C=O)c(=O)oc2c1. The molecular weight excluding hydrogens is 266 g/mol. The van der Waals surface area contributed by atoms with E-state index in [-0.39, 0.29) is 5.56 Å². The Kier molecular flexibility index (Phi) is 3.53. The summed E-state index contributed by atoms with van der Waals surface area (Å²) in [5, 5.41) is 0.844. The van der Waals surface area contributed by atoms with Crippen molar-refractivity contribution in [3.63, 3.8) is 0 Å². The fourth-order valence-electron chi connectivity index (χ4n) is 2.98. The highest BCUT2D eigenvalue weighted by Gasteiger charge is 2.23. The molecule has 1 aromatic carbocycles. The Morgan fingerprint density at radius 2 is 2.00 bits per heavy atom. The van der Waals surface area contributed by atoms with E-state index in [1.54, 1.807) is 0 Å². The summed E-state index contributed by atoms with van der Waals surface area (Å²) in [6.45, 7) is 5.93. The summed E-state index contributed by atoms with van der Waals surface area (Å²) >= 11 is 0. The number of piperidine rings is 1. The first-order chi connectivity index (χ1) is 10.1. The number of carbonyl (C=O) groups is 1. The third kappa shape index (κ3) is 2.46. The van der Waals surface area contributed by atoms with Gasteiger partial charge in [0.15, 0.2) is 6.29 Å². The highest BCUT2D eigenvalue weighted by Crippen LogP contribution is 2.31. The first kappa shape index (κ1) is 13.9. The van der Waals surface area contributed by atoms with E-state index in [2.05, 4.69) is 11.8 Å². The quantitative estimate of drug-likeness (QED) is 0.628. The Bertz CT molecular complexity index is 740. The van der Waals surface area contributed by atoms with Crippen molar-refractivity contribution in [1.29, 1.82) is 0 Å². The molecule has 1 saturated heterocycles. The van der Waals surface area contributed by atoms with Gasteiger partial charge in [0.2, 0.25) is 0 Å². The minimum atomic E-state index is -0.545. The van der Waals surface area contributed by atoms with Crippen molar-refractivity contribution in [2.45, 2.75) is 26.7 Å². The zero-order valence-corrected chi connectivity index (χ0v) is 12.4. The molecule has 0 atom stereocenters. The lowest BCUT2D eigenvalue weighted by Gasteiger charge is -2.33. The molecule has 1 aliphatic heterocycles. The van der Waals surface area contributed by atoms with Gasteiger partial charge in [-0.05, 0) is 43.4 Å². The number of benzene rings is 1. The minimum absolute atomic E-state index is 0.140. The lowest BCUT2D eigenvalue weighted by Crippen LogP contribution is -2.34. The van der Waals surface area contributed by atoms with Crippen LogP contribution in [0.3, 0.4) is 0 Å². The first-order valence-electron chi connectivity index (χ1n) is 7.37. The van der Waals surface area contributed by atoms with Gasteiger partial charge in [0.1, 0.15) is 11.1 Å². The number of anilines is 1. The molecule has 4 heteroatoms. The molecule has 1 aliphatic rings. The van der Waals surface area contributed by atoms with Gasteiger partial charge >= 0.3 is 5.63 Å². The smallest absolute Gasteiger partial charge is 0.349 e. The third-order valence-electron chi connectivity index (χ3n) is 4.29. The van der Waals surface area contributed by atoms with Crippen LogP contribution in [0.1, 0.15) is 35.7 Å². The van der Waals surface area contributed by atoms with Crippen LogP contribution in [0.25, 0.3) is 11.0 Å². The molecule has 3 rings (SSSR count). The number of hydrogen-bond donors (Lipinski definition) is 0. The van der Waals surface area contributed by atoms with Gasteiger partial charge in [0.05, 0.1) is 5.69 Å². The molecule has 0 N–H and O–H groups in total. The maximum atomic E-state index is 12.1. The number of fused-ring (bicyclic) bond motifs is 1. The zero-order valence-electron chi connectivity index (χ0n) is 12.4. The largest absolute Gasteiger partial charge is 0.422 e. The molecule has 0 spiro atoms. The van der Waals surface area contributed by atoms with Crippen molar-refractivity contribution in [2.75, 3.05) is 18.0 Å². The Labute approximate surface area is 123 Å². The summed E-state index contributed by atoms with van der Waals surface area (Å²) in [7, 11) is 0. The predicted molar refractivity (Wildman–Crippen MR) is 83.2 cm³/mol. The van der Waals surface area contributed by atoms with E-state index >= 15 is 0 Å². The van der Waals surface area contributed by atoms with Crippen molar-refractivity contribution >= 4 is 22.9 Å². The van der Waals surface area contributed by atoms with Gasteiger partial charge in [-0.15, -0.1) is 0 Å². The minimum Gasteiger partial charge on any atom is -0.422 e. The number of rotatable bonds is 2. The summed E-state index contributed by atoms with van der Waals surface area (Å²) in [4.78, 5) is 25.6. The topological polar surface area (TPSA) is 50.5 Å². The van der Waals surface area contributed by atoms with Crippen LogP contribution in [-0.2, 0) is 0 Å². The van der Waals surface area contributed by atoms with Crippen LogP contribution in [0.2, 0.25) is 0 Å². The van der Waals surface area contributed by atoms with Crippen LogP contribution < -0.4 is 10.5 Å². The van der Waals surface area contributed by atoms with Gasteiger partial charge in [-0.1, -0.05) is 13.0 Å². The summed E-state index contributed by atoms with van der Waals surface area (Å²) in [5.74, 6) is 0.689. The van der Waals surface area contributed by atoms with E-state index in [1.807, 2.05) is 25.1 Å². The molecule has 0 radical (unpaired) electrons. The van der Waals surface area contributed by atoms with Crippen molar-refractivity contribution in [1.82, 2.24) is 0 Å². The number of carbonyl (C=O) groups excluding carboxylic acids is 1. The molecule has 0 amide bonds. The van der Waals surface area contributed by atoms with E-state index in [4.69, 9.17) is 4.42 Å². The standard InChI is InChI=1S/C17H19NO3/c1-11-5-7-18(8-6-11)16-13-4-3-12(2)9-15(13)21-17(20)14(16)10-19/h3-4,9-11H,5-8H2,1-2H3. The summed E-state index contributed by atoms with van der Waals surface area (Å²) in [6.07, 6.45) is 2.77. The van der Waals surface area contributed by atoms with Crippen LogP contribution in [0.4, 0.5) is 5.69 Å². The summed E-state index contributed by atoms with van der Waals surface area (Å²) in [5.41, 5.74) is 1.92. The molecule has 4 nitrogen and oxygen atoms in total. The molecule has 1 aromatic heterocycles. The molecule has 0 saturated carbocycles. The van der Waals surface area contributed by atoms with E-state index in [9.17, 15) is 9.59 Å². The summed E-state index contributed by atoms with van der Waals surface area (Å²) in [6, 6.07) is 5.77. The Hall–Kier alpha value is -2.10. The van der Waals surface area contributed by atoms with Crippen LogP contribution in [0.15, 0.2) is 27.4 Å². The summed E-state index contributed by atoms with van der Waals surface area (Å²) < 4.78 is 5.30. The molecule has 2 heterocycles. The number of hydrogen-bond acceptors (Lipinski definition) is 4. The van der Waals surface area contributed by atoms with Crippen LogP contribution in [0.5, 0.6) is 0 Å². The molecule has 21 heavy (non-hydrogen) atoms. The van der Waals surface area contributed by atoms with Crippen molar-refractivity contribution in [3.05, 3.63) is 39.7 Å². The normalized spacial score (nSPS) is 16.4. The maximum Gasteiger partial charge on any atom is 0.349 e. The second kappa shape index (κ2) is 5.35. The number of aryl methyl sites for hydroxylation is 1. The number of aldehydes is 1. The Morgan fingerprint density at radius 1 is 1.29 bits per heavy atom. The number of nitrogens with zero attached hydrogens (tertiary/aromatic N) is 1.